The Morgan fingerprint density at radius 2 is 1.70 bits per heavy atom. The lowest BCUT2D eigenvalue weighted by atomic mass is 10.1. The molecule has 0 saturated carbocycles. The summed E-state index contributed by atoms with van der Waals surface area (Å²) in [4.78, 5) is 37.9. The predicted octanol–water partition coefficient (Wildman–Crippen LogP) is 1.04. The molecule has 10 heteroatoms. The molecule has 1 fully saturated rings. The van der Waals surface area contributed by atoms with Crippen LogP contribution in [0.2, 0.25) is 0 Å². The van der Waals surface area contributed by atoms with Crippen molar-refractivity contribution in [2.75, 3.05) is 26.0 Å². The minimum Gasteiger partial charge on any atom is -0.325 e. The Balaban J connectivity index is 1.60. The number of carbonyl (C=O) groups is 3. The van der Waals surface area contributed by atoms with Gasteiger partial charge in [0.1, 0.15) is 12.6 Å². The highest BCUT2D eigenvalue weighted by Gasteiger charge is 2.38. The van der Waals surface area contributed by atoms with Crippen molar-refractivity contribution >= 4 is 33.6 Å². The van der Waals surface area contributed by atoms with Crippen molar-refractivity contribution in [2.45, 2.75) is 17.4 Å². The number of amides is 4. The maximum absolute atomic E-state index is 12.5. The van der Waals surface area contributed by atoms with E-state index in [1.165, 1.54) is 38.4 Å². The molecule has 2 aromatic carbocycles. The largest absolute Gasteiger partial charge is 0.325 e. The molecule has 2 N–H and O–H groups in total. The van der Waals surface area contributed by atoms with E-state index in [-0.39, 0.29) is 4.90 Å². The summed E-state index contributed by atoms with van der Waals surface area (Å²) in [6, 6.07) is 13.5. The molecule has 0 bridgehead atoms. The smallest absolute Gasteiger partial charge is 0.325 e. The number of hydrogen-bond acceptors (Lipinski definition) is 5. The Morgan fingerprint density at radius 1 is 1.07 bits per heavy atom. The highest BCUT2D eigenvalue weighted by molar-refractivity contribution is 7.89. The molecule has 2 aromatic rings. The van der Waals surface area contributed by atoms with Crippen LogP contribution in [0.5, 0.6) is 0 Å². The molecule has 0 aliphatic carbocycles. The van der Waals surface area contributed by atoms with E-state index in [9.17, 15) is 22.8 Å². The maximum atomic E-state index is 12.5. The van der Waals surface area contributed by atoms with Crippen LogP contribution < -0.4 is 10.6 Å². The molecule has 4 amide bonds. The minimum absolute atomic E-state index is 0.0864. The average molecular weight is 430 g/mol. The summed E-state index contributed by atoms with van der Waals surface area (Å²) < 4.78 is 25.2. The van der Waals surface area contributed by atoms with E-state index in [4.69, 9.17) is 0 Å². The molecule has 30 heavy (non-hydrogen) atoms. The second-order valence-electron chi connectivity index (χ2n) is 6.98. The van der Waals surface area contributed by atoms with Crippen LogP contribution in [0.1, 0.15) is 5.56 Å². The fourth-order valence-electron chi connectivity index (χ4n) is 2.98. The van der Waals surface area contributed by atoms with E-state index in [0.29, 0.717) is 12.1 Å². The van der Waals surface area contributed by atoms with Crippen LogP contribution in [-0.4, -0.2) is 62.2 Å². The zero-order valence-electron chi connectivity index (χ0n) is 16.5. The van der Waals surface area contributed by atoms with Crippen molar-refractivity contribution in [3.63, 3.8) is 0 Å². The summed E-state index contributed by atoms with van der Waals surface area (Å²) in [5, 5.41) is 5.15. The van der Waals surface area contributed by atoms with Crippen LogP contribution in [0.25, 0.3) is 0 Å². The van der Waals surface area contributed by atoms with Crippen LogP contribution >= 0.6 is 0 Å². The third-order valence-electron chi connectivity index (χ3n) is 4.61. The predicted molar refractivity (Wildman–Crippen MR) is 110 cm³/mol. The first-order valence-electron chi connectivity index (χ1n) is 9.17. The van der Waals surface area contributed by atoms with Gasteiger partial charge in [0.05, 0.1) is 4.90 Å². The van der Waals surface area contributed by atoms with Gasteiger partial charge in [-0.25, -0.2) is 17.5 Å². The highest BCUT2D eigenvalue weighted by Crippen LogP contribution is 2.17. The third-order valence-corrected chi connectivity index (χ3v) is 6.44. The van der Waals surface area contributed by atoms with Gasteiger partial charge in [-0.3, -0.25) is 14.5 Å². The summed E-state index contributed by atoms with van der Waals surface area (Å²) in [7, 11) is -0.723. The molecule has 0 radical (unpaired) electrons. The number of carbonyl (C=O) groups excluding carboxylic acids is 3. The topological polar surface area (TPSA) is 116 Å². The quantitative estimate of drug-likeness (QED) is 0.637. The van der Waals surface area contributed by atoms with Gasteiger partial charge in [0.15, 0.2) is 0 Å². The third kappa shape index (κ3) is 4.66. The second-order valence-corrected chi connectivity index (χ2v) is 9.13. The van der Waals surface area contributed by atoms with Crippen molar-refractivity contribution in [3.05, 3.63) is 60.2 Å². The molecular weight excluding hydrogens is 408 g/mol. The van der Waals surface area contributed by atoms with Gasteiger partial charge in [0, 0.05) is 26.2 Å². The molecule has 9 nitrogen and oxygen atoms in total. The number of urea groups is 1. The molecule has 1 heterocycles. The molecule has 1 aliphatic heterocycles. The SMILES string of the molecule is CN(C)S(=O)(=O)c1ccc(NC(=O)CN2C(=O)N[C@H](Cc3ccccc3)C2=O)cc1. The number of hydrogen-bond donors (Lipinski definition) is 2. The summed E-state index contributed by atoms with van der Waals surface area (Å²) >= 11 is 0. The molecule has 0 aromatic heterocycles. The Hall–Kier alpha value is -3.24. The minimum atomic E-state index is -3.57. The molecule has 0 spiro atoms. The van der Waals surface area contributed by atoms with Gasteiger partial charge >= 0.3 is 6.03 Å². The van der Waals surface area contributed by atoms with Gasteiger partial charge in [-0.2, -0.15) is 0 Å². The summed E-state index contributed by atoms with van der Waals surface area (Å²) in [5.74, 6) is -1.03. The van der Waals surface area contributed by atoms with Gasteiger partial charge < -0.3 is 10.6 Å². The van der Waals surface area contributed by atoms with Crippen LogP contribution in [0.15, 0.2) is 59.5 Å². The lowest BCUT2D eigenvalue weighted by Crippen LogP contribution is -2.38. The molecule has 158 valence electrons. The van der Waals surface area contributed by atoms with Crippen molar-refractivity contribution in [1.82, 2.24) is 14.5 Å². The summed E-state index contributed by atoms with van der Waals surface area (Å²) in [6.45, 7) is -0.437. The van der Waals surface area contributed by atoms with E-state index in [1.54, 1.807) is 0 Å². The van der Waals surface area contributed by atoms with Crippen LogP contribution in [0.4, 0.5) is 10.5 Å². The lowest BCUT2D eigenvalue weighted by molar-refractivity contribution is -0.130. The van der Waals surface area contributed by atoms with E-state index in [2.05, 4.69) is 10.6 Å². The van der Waals surface area contributed by atoms with Gasteiger partial charge in [-0.05, 0) is 29.8 Å². The van der Waals surface area contributed by atoms with E-state index in [1.807, 2.05) is 30.3 Å². The van der Waals surface area contributed by atoms with Gasteiger partial charge in [-0.15, -0.1) is 0 Å². The Bertz CT molecular complexity index is 1050. The zero-order chi connectivity index (χ0) is 21.9. The number of benzene rings is 2. The first-order valence-corrected chi connectivity index (χ1v) is 10.6. The fourth-order valence-corrected chi connectivity index (χ4v) is 3.88. The molecule has 3 rings (SSSR count). The van der Waals surface area contributed by atoms with E-state index in [0.717, 1.165) is 14.8 Å². The van der Waals surface area contributed by atoms with Gasteiger partial charge in [-0.1, -0.05) is 30.3 Å². The van der Waals surface area contributed by atoms with Crippen molar-refractivity contribution < 1.29 is 22.8 Å². The first kappa shape index (κ1) is 21.5. The van der Waals surface area contributed by atoms with Gasteiger partial charge in [0.25, 0.3) is 5.91 Å². The molecule has 1 aliphatic rings. The summed E-state index contributed by atoms with van der Waals surface area (Å²) in [5.41, 5.74) is 1.25. The maximum Gasteiger partial charge on any atom is 0.325 e. The number of nitrogens with one attached hydrogen (secondary N) is 2. The fraction of sp³-hybridized carbons (Fsp3) is 0.250. The number of anilines is 1. The van der Waals surface area contributed by atoms with E-state index >= 15 is 0 Å². The highest BCUT2D eigenvalue weighted by atomic mass is 32.2. The Labute approximate surface area is 174 Å². The molecule has 1 atom stereocenters. The van der Waals surface area contributed by atoms with Crippen molar-refractivity contribution in [3.8, 4) is 0 Å². The monoisotopic (exact) mass is 430 g/mol. The number of rotatable bonds is 7. The second kappa shape index (κ2) is 8.64. The van der Waals surface area contributed by atoms with Crippen molar-refractivity contribution in [1.29, 1.82) is 0 Å². The molecule has 0 unspecified atom stereocenters. The normalized spacial score (nSPS) is 16.6. The number of nitrogens with zero attached hydrogens (tertiary/aromatic N) is 2. The standard InChI is InChI=1S/C20H22N4O5S/c1-23(2)30(28,29)16-10-8-15(9-11-16)21-18(25)13-24-19(26)17(22-20(24)27)12-14-6-4-3-5-7-14/h3-11,17H,12-13H2,1-2H3,(H,21,25)(H,22,27)/t17-/m1/s1. The Kier molecular flexibility index (Phi) is 6.18. The van der Waals surface area contributed by atoms with Crippen LogP contribution in [0, 0.1) is 0 Å². The number of sulfonamides is 1. The molecular formula is C20H22N4O5S. The zero-order valence-corrected chi connectivity index (χ0v) is 17.3. The van der Waals surface area contributed by atoms with E-state index < -0.39 is 40.5 Å². The lowest BCUT2D eigenvalue weighted by Gasteiger charge is -2.14. The first-order chi connectivity index (χ1) is 14.2. The molecule has 1 saturated heterocycles. The average Bonchev–Trinajstić information content (AvgIpc) is 2.96. The van der Waals surface area contributed by atoms with Crippen LogP contribution in [0.3, 0.4) is 0 Å². The summed E-state index contributed by atoms with van der Waals surface area (Å²) in [6.07, 6.45) is 0.339. The van der Waals surface area contributed by atoms with Gasteiger partial charge in [0.2, 0.25) is 15.9 Å². The Morgan fingerprint density at radius 3 is 2.30 bits per heavy atom. The van der Waals surface area contributed by atoms with Crippen molar-refractivity contribution in [2.24, 2.45) is 0 Å². The van der Waals surface area contributed by atoms with Crippen LogP contribution in [-0.2, 0) is 26.0 Å². The number of imide groups is 1.